The van der Waals surface area contributed by atoms with Gasteiger partial charge in [0.1, 0.15) is 5.82 Å². The van der Waals surface area contributed by atoms with Gasteiger partial charge in [0.15, 0.2) is 5.82 Å². The van der Waals surface area contributed by atoms with E-state index in [9.17, 15) is 4.39 Å². The Morgan fingerprint density at radius 2 is 1.57 bits per heavy atom. The van der Waals surface area contributed by atoms with Gasteiger partial charge in [0.05, 0.1) is 6.20 Å². The molecule has 0 spiro atoms. The summed E-state index contributed by atoms with van der Waals surface area (Å²) in [5, 5.41) is 14.0. The van der Waals surface area contributed by atoms with E-state index < -0.39 is 0 Å². The first-order chi connectivity index (χ1) is 11.2. The number of nitrogens with zero attached hydrogens (tertiary/aromatic N) is 3. The maximum Gasteiger partial charge on any atom is 0.249 e. The van der Waals surface area contributed by atoms with Gasteiger partial charge in [0.2, 0.25) is 5.95 Å². The normalized spacial score (nSPS) is 10.3. The standard InChI is InChI=1S/C17H16FN5/c1-2-12-3-7-15(8-4-12)21-17-22-16(11-19-23-17)20-14-9-5-13(18)6-10-14/h3-11H,2H2,1H3,(H2,20,21,22,23). The topological polar surface area (TPSA) is 62.7 Å². The Hall–Kier alpha value is -3.02. The summed E-state index contributed by atoms with van der Waals surface area (Å²) in [6.45, 7) is 2.11. The largest absolute Gasteiger partial charge is 0.339 e. The Kier molecular flexibility index (Phi) is 4.42. The van der Waals surface area contributed by atoms with Crippen LogP contribution in [0.25, 0.3) is 0 Å². The van der Waals surface area contributed by atoms with Crippen molar-refractivity contribution >= 4 is 23.1 Å². The zero-order valence-corrected chi connectivity index (χ0v) is 12.6. The summed E-state index contributed by atoms with van der Waals surface area (Å²) in [6.07, 6.45) is 2.50. The van der Waals surface area contributed by atoms with Gasteiger partial charge in [-0.15, -0.1) is 5.10 Å². The maximum atomic E-state index is 12.9. The molecule has 0 atom stereocenters. The van der Waals surface area contributed by atoms with Gasteiger partial charge >= 0.3 is 0 Å². The van der Waals surface area contributed by atoms with Crippen LogP contribution < -0.4 is 10.6 Å². The SMILES string of the molecule is CCc1ccc(Nc2nncc(Nc3ccc(F)cc3)n2)cc1. The lowest BCUT2D eigenvalue weighted by Gasteiger charge is -2.08. The lowest BCUT2D eigenvalue weighted by Crippen LogP contribution is -2.02. The van der Waals surface area contributed by atoms with E-state index in [2.05, 4.69) is 44.9 Å². The second-order valence-corrected chi connectivity index (χ2v) is 4.97. The molecule has 0 aliphatic heterocycles. The molecule has 3 aromatic rings. The molecule has 2 N–H and O–H groups in total. The predicted molar refractivity (Wildman–Crippen MR) is 88.6 cm³/mol. The average Bonchev–Trinajstić information content (AvgIpc) is 2.58. The Bertz CT molecular complexity index is 772. The number of nitrogens with one attached hydrogen (secondary N) is 2. The molecule has 0 bridgehead atoms. The Morgan fingerprint density at radius 3 is 2.26 bits per heavy atom. The first-order valence-electron chi connectivity index (χ1n) is 7.31. The summed E-state index contributed by atoms with van der Waals surface area (Å²) in [4.78, 5) is 4.34. The second-order valence-electron chi connectivity index (χ2n) is 4.97. The highest BCUT2D eigenvalue weighted by Crippen LogP contribution is 2.17. The number of anilines is 4. The number of hydrogen-bond donors (Lipinski definition) is 2. The molecule has 0 amide bonds. The third-order valence-corrected chi connectivity index (χ3v) is 3.29. The lowest BCUT2D eigenvalue weighted by molar-refractivity contribution is 0.628. The Balaban J connectivity index is 1.72. The van der Waals surface area contributed by atoms with E-state index in [1.54, 1.807) is 12.1 Å². The fourth-order valence-electron chi connectivity index (χ4n) is 2.05. The molecule has 0 aliphatic rings. The predicted octanol–water partition coefficient (Wildman–Crippen LogP) is 4.06. The van der Waals surface area contributed by atoms with Crippen molar-refractivity contribution in [3.63, 3.8) is 0 Å². The first-order valence-corrected chi connectivity index (χ1v) is 7.31. The Labute approximate surface area is 133 Å². The smallest absolute Gasteiger partial charge is 0.249 e. The molecule has 2 aromatic carbocycles. The molecular formula is C17H16FN5. The van der Waals surface area contributed by atoms with Crippen LogP contribution in [-0.4, -0.2) is 15.2 Å². The van der Waals surface area contributed by atoms with E-state index in [4.69, 9.17) is 0 Å². The molecule has 0 unspecified atom stereocenters. The maximum absolute atomic E-state index is 12.9. The molecule has 0 aliphatic carbocycles. The van der Waals surface area contributed by atoms with Gasteiger partial charge in [-0.25, -0.2) is 4.39 Å². The molecule has 3 rings (SSSR count). The minimum atomic E-state index is -0.283. The van der Waals surface area contributed by atoms with Crippen molar-refractivity contribution in [2.24, 2.45) is 0 Å². The molecule has 1 heterocycles. The molecule has 1 aromatic heterocycles. The number of hydrogen-bond acceptors (Lipinski definition) is 5. The van der Waals surface area contributed by atoms with Crippen molar-refractivity contribution in [3.8, 4) is 0 Å². The van der Waals surface area contributed by atoms with Gasteiger partial charge in [0, 0.05) is 11.4 Å². The molecule has 6 heteroatoms. The van der Waals surface area contributed by atoms with Crippen LogP contribution in [0.4, 0.5) is 27.5 Å². The summed E-state index contributed by atoms with van der Waals surface area (Å²) >= 11 is 0. The summed E-state index contributed by atoms with van der Waals surface area (Å²) in [7, 11) is 0. The van der Waals surface area contributed by atoms with Crippen LogP contribution in [0.2, 0.25) is 0 Å². The summed E-state index contributed by atoms with van der Waals surface area (Å²) in [5.74, 6) is 0.634. The summed E-state index contributed by atoms with van der Waals surface area (Å²) in [5.41, 5.74) is 2.88. The molecular weight excluding hydrogens is 293 g/mol. The van der Waals surface area contributed by atoms with Gasteiger partial charge in [-0.05, 0) is 48.4 Å². The van der Waals surface area contributed by atoms with Gasteiger partial charge in [-0.2, -0.15) is 10.1 Å². The minimum absolute atomic E-state index is 0.283. The van der Waals surface area contributed by atoms with Crippen molar-refractivity contribution in [1.82, 2.24) is 15.2 Å². The molecule has 23 heavy (non-hydrogen) atoms. The van der Waals surface area contributed by atoms with Crippen molar-refractivity contribution in [2.75, 3.05) is 10.6 Å². The molecule has 0 radical (unpaired) electrons. The fourth-order valence-corrected chi connectivity index (χ4v) is 2.05. The van der Waals surface area contributed by atoms with Crippen molar-refractivity contribution in [1.29, 1.82) is 0 Å². The molecule has 0 saturated heterocycles. The Morgan fingerprint density at radius 1 is 0.913 bits per heavy atom. The zero-order valence-electron chi connectivity index (χ0n) is 12.6. The molecule has 116 valence electrons. The highest BCUT2D eigenvalue weighted by Gasteiger charge is 2.02. The highest BCUT2D eigenvalue weighted by atomic mass is 19.1. The van der Waals surface area contributed by atoms with E-state index in [1.807, 2.05) is 12.1 Å². The number of aromatic nitrogens is 3. The average molecular weight is 309 g/mol. The van der Waals surface area contributed by atoms with E-state index in [1.165, 1.54) is 23.9 Å². The molecule has 0 saturated carbocycles. The minimum Gasteiger partial charge on any atom is -0.339 e. The third-order valence-electron chi connectivity index (χ3n) is 3.29. The third kappa shape index (κ3) is 4.00. The van der Waals surface area contributed by atoms with Gasteiger partial charge in [0.25, 0.3) is 0 Å². The quantitative estimate of drug-likeness (QED) is 0.744. The van der Waals surface area contributed by atoms with E-state index in [0.29, 0.717) is 11.8 Å². The van der Waals surface area contributed by atoms with E-state index in [0.717, 1.165) is 17.8 Å². The van der Waals surface area contributed by atoms with Crippen molar-refractivity contribution < 1.29 is 4.39 Å². The number of halogens is 1. The van der Waals surface area contributed by atoms with Crippen molar-refractivity contribution in [2.45, 2.75) is 13.3 Å². The van der Waals surface area contributed by atoms with Crippen LogP contribution in [0, 0.1) is 5.82 Å². The van der Waals surface area contributed by atoms with E-state index >= 15 is 0 Å². The van der Waals surface area contributed by atoms with Gasteiger partial charge in [-0.1, -0.05) is 19.1 Å². The number of benzene rings is 2. The lowest BCUT2D eigenvalue weighted by atomic mass is 10.1. The van der Waals surface area contributed by atoms with Gasteiger partial charge in [-0.3, -0.25) is 0 Å². The molecule has 5 nitrogen and oxygen atoms in total. The summed E-state index contributed by atoms with van der Waals surface area (Å²) in [6, 6.07) is 14.1. The first kappa shape index (κ1) is 14.9. The number of rotatable bonds is 5. The van der Waals surface area contributed by atoms with Gasteiger partial charge < -0.3 is 10.6 Å². The van der Waals surface area contributed by atoms with Crippen LogP contribution in [-0.2, 0) is 6.42 Å². The fraction of sp³-hybridized carbons (Fsp3) is 0.118. The number of aryl methyl sites for hydroxylation is 1. The monoisotopic (exact) mass is 309 g/mol. The summed E-state index contributed by atoms with van der Waals surface area (Å²) < 4.78 is 12.9. The van der Waals surface area contributed by atoms with Crippen LogP contribution in [0.5, 0.6) is 0 Å². The molecule has 0 fully saturated rings. The van der Waals surface area contributed by atoms with Crippen LogP contribution in [0.1, 0.15) is 12.5 Å². The van der Waals surface area contributed by atoms with Crippen LogP contribution >= 0.6 is 0 Å². The van der Waals surface area contributed by atoms with Crippen molar-refractivity contribution in [3.05, 3.63) is 66.1 Å². The zero-order chi connectivity index (χ0) is 16.1. The highest BCUT2D eigenvalue weighted by molar-refractivity contribution is 5.58. The van der Waals surface area contributed by atoms with E-state index in [-0.39, 0.29) is 5.82 Å². The van der Waals surface area contributed by atoms with Crippen LogP contribution in [0.15, 0.2) is 54.7 Å². The second kappa shape index (κ2) is 6.83. The van der Waals surface area contributed by atoms with Crippen LogP contribution in [0.3, 0.4) is 0 Å².